The number of hydrogen-bond acceptors (Lipinski definition) is 3. The summed E-state index contributed by atoms with van der Waals surface area (Å²) >= 11 is 5.92. The standard InChI is InChI=1S/C17H16ClN3O/c1-12-2-5-14(18)10-16(12)21-17(22)8-9-20-15-6-3-13(11-19)4-7-15/h2-7,10,20H,8-9H2,1H3,(H,21,22). The molecule has 0 radical (unpaired) electrons. The number of hydrogen-bond donors (Lipinski definition) is 2. The molecule has 0 heterocycles. The highest BCUT2D eigenvalue weighted by atomic mass is 35.5. The monoisotopic (exact) mass is 313 g/mol. The summed E-state index contributed by atoms with van der Waals surface area (Å²) in [5, 5.41) is 15.3. The third kappa shape index (κ3) is 4.51. The van der Waals surface area contributed by atoms with E-state index >= 15 is 0 Å². The van der Waals surface area contributed by atoms with Gasteiger partial charge < -0.3 is 10.6 Å². The fourth-order valence-electron chi connectivity index (χ4n) is 1.92. The van der Waals surface area contributed by atoms with Crippen molar-refractivity contribution in [3.05, 3.63) is 58.6 Å². The number of carbonyl (C=O) groups is 1. The van der Waals surface area contributed by atoms with Crippen LogP contribution in [-0.2, 0) is 4.79 Å². The molecule has 0 aliphatic heterocycles. The van der Waals surface area contributed by atoms with Crippen molar-refractivity contribution in [1.29, 1.82) is 5.26 Å². The zero-order chi connectivity index (χ0) is 15.9. The Kier molecular flexibility index (Phi) is 5.40. The maximum Gasteiger partial charge on any atom is 0.226 e. The van der Waals surface area contributed by atoms with Gasteiger partial charge in [0.1, 0.15) is 0 Å². The quantitative estimate of drug-likeness (QED) is 0.878. The molecule has 0 unspecified atom stereocenters. The van der Waals surface area contributed by atoms with Crippen LogP contribution in [0, 0.1) is 18.3 Å². The second-order valence-corrected chi connectivity index (χ2v) is 5.31. The molecular weight excluding hydrogens is 298 g/mol. The molecule has 5 heteroatoms. The Morgan fingerprint density at radius 3 is 2.64 bits per heavy atom. The van der Waals surface area contributed by atoms with Gasteiger partial charge in [0.2, 0.25) is 5.91 Å². The first-order chi connectivity index (χ1) is 10.6. The summed E-state index contributed by atoms with van der Waals surface area (Å²) in [4.78, 5) is 11.9. The Balaban J connectivity index is 1.82. The molecule has 0 aromatic heterocycles. The summed E-state index contributed by atoms with van der Waals surface area (Å²) in [6, 6.07) is 14.6. The maximum absolute atomic E-state index is 11.9. The number of anilines is 2. The molecule has 0 aliphatic rings. The molecule has 0 atom stereocenters. The lowest BCUT2D eigenvalue weighted by molar-refractivity contribution is -0.115. The minimum Gasteiger partial charge on any atom is -0.385 e. The van der Waals surface area contributed by atoms with Crippen molar-refractivity contribution in [2.24, 2.45) is 0 Å². The van der Waals surface area contributed by atoms with E-state index in [0.717, 1.165) is 16.9 Å². The van der Waals surface area contributed by atoms with Crippen molar-refractivity contribution in [3.63, 3.8) is 0 Å². The third-order valence-electron chi connectivity index (χ3n) is 3.17. The third-order valence-corrected chi connectivity index (χ3v) is 3.40. The summed E-state index contributed by atoms with van der Waals surface area (Å²) in [6.45, 7) is 2.43. The fourth-order valence-corrected chi connectivity index (χ4v) is 2.10. The first-order valence-electron chi connectivity index (χ1n) is 6.88. The predicted octanol–water partition coefficient (Wildman–Crippen LogP) is 3.96. The summed E-state index contributed by atoms with van der Waals surface area (Å²) in [5.74, 6) is -0.0773. The van der Waals surface area contributed by atoms with Gasteiger partial charge in [0.15, 0.2) is 0 Å². The molecule has 0 saturated heterocycles. The van der Waals surface area contributed by atoms with Gasteiger partial charge in [-0.25, -0.2) is 0 Å². The average molecular weight is 314 g/mol. The minimum atomic E-state index is -0.0773. The number of rotatable bonds is 5. The van der Waals surface area contributed by atoms with E-state index in [9.17, 15) is 4.79 Å². The maximum atomic E-state index is 11.9. The van der Waals surface area contributed by atoms with E-state index < -0.39 is 0 Å². The van der Waals surface area contributed by atoms with Gasteiger partial charge >= 0.3 is 0 Å². The molecular formula is C17H16ClN3O. The number of aryl methyl sites for hydroxylation is 1. The smallest absolute Gasteiger partial charge is 0.226 e. The Morgan fingerprint density at radius 2 is 1.95 bits per heavy atom. The van der Waals surface area contributed by atoms with Crippen molar-refractivity contribution in [3.8, 4) is 6.07 Å². The van der Waals surface area contributed by atoms with Crippen LogP contribution in [0.25, 0.3) is 0 Å². The van der Waals surface area contributed by atoms with E-state index in [-0.39, 0.29) is 5.91 Å². The van der Waals surface area contributed by atoms with Crippen LogP contribution < -0.4 is 10.6 Å². The Morgan fingerprint density at radius 1 is 1.23 bits per heavy atom. The number of nitriles is 1. The lowest BCUT2D eigenvalue weighted by atomic mass is 10.2. The van der Waals surface area contributed by atoms with Crippen molar-refractivity contribution >= 4 is 28.9 Å². The van der Waals surface area contributed by atoms with E-state index in [0.29, 0.717) is 23.6 Å². The van der Waals surface area contributed by atoms with E-state index in [2.05, 4.69) is 16.7 Å². The normalized spacial score (nSPS) is 9.86. The summed E-state index contributed by atoms with van der Waals surface area (Å²) in [5.41, 5.74) is 3.19. The average Bonchev–Trinajstić information content (AvgIpc) is 2.51. The van der Waals surface area contributed by atoms with Crippen LogP contribution >= 0.6 is 11.6 Å². The van der Waals surface area contributed by atoms with Crippen molar-refractivity contribution in [1.82, 2.24) is 0 Å². The minimum absolute atomic E-state index is 0.0773. The topological polar surface area (TPSA) is 64.9 Å². The van der Waals surface area contributed by atoms with Gasteiger partial charge in [-0.15, -0.1) is 0 Å². The zero-order valence-electron chi connectivity index (χ0n) is 12.2. The van der Waals surface area contributed by atoms with Crippen molar-refractivity contribution in [2.45, 2.75) is 13.3 Å². The zero-order valence-corrected chi connectivity index (χ0v) is 12.9. The molecule has 0 spiro atoms. The molecule has 1 amide bonds. The largest absolute Gasteiger partial charge is 0.385 e. The second-order valence-electron chi connectivity index (χ2n) is 4.87. The van der Waals surface area contributed by atoms with Gasteiger partial charge in [-0.2, -0.15) is 5.26 Å². The van der Waals surface area contributed by atoms with Gasteiger partial charge in [0, 0.05) is 29.4 Å². The van der Waals surface area contributed by atoms with Gasteiger partial charge in [-0.1, -0.05) is 17.7 Å². The van der Waals surface area contributed by atoms with Crippen molar-refractivity contribution < 1.29 is 4.79 Å². The van der Waals surface area contributed by atoms with Crippen LogP contribution in [-0.4, -0.2) is 12.5 Å². The Bertz CT molecular complexity index is 705. The molecule has 0 bridgehead atoms. The molecule has 112 valence electrons. The lowest BCUT2D eigenvalue weighted by Gasteiger charge is -2.10. The first-order valence-corrected chi connectivity index (χ1v) is 7.26. The molecule has 4 nitrogen and oxygen atoms in total. The van der Waals surface area contributed by atoms with Crippen LogP contribution in [0.1, 0.15) is 17.5 Å². The number of carbonyl (C=O) groups excluding carboxylic acids is 1. The highest BCUT2D eigenvalue weighted by molar-refractivity contribution is 6.31. The molecule has 2 rings (SSSR count). The molecule has 22 heavy (non-hydrogen) atoms. The molecule has 0 fully saturated rings. The Labute approximate surface area is 134 Å². The van der Waals surface area contributed by atoms with Gasteiger partial charge in [0.05, 0.1) is 11.6 Å². The lowest BCUT2D eigenvalue weighted by Crippen LogP contribution is -2.16. The Hall–Kier alpha value is -2.51. The van der Waals surface area contributed by atoms with E-state index in [1.54, 1.807) is 24.3 Å². The second kappa shape index (κ2) is 7.48. The number of benzene rings is 2. The molecule has 2 N–H and O–H groups in total. The summed E-state index contributed by atoms with van der Waals surface area (Å²) in [6.07, 6.45) is 0.339. The predicted molar refractivity (Wildman–Crippen MR) is 89.1 cm³/mol. The van der Waals surface area contributed by atoms with Gasteiger partial charge in [-0.05, 0) is 48.9 Å². The van der Waals surface area contributed by atoms with E-state index in [4.69, 9.17) is 16.9 Å². The van der Waals surface area contributed by atoms with E-state index in [1.807, 2.05) is 25.1 Å². The summed E-state index contributed by atoms with van der Waals surface area (Å²) < 4.78 is 0. The number of amides is 1. The molecule has 2 aromatic carbocycles. The van der Waals surface area contributed by atoms with Crippen LogP contribution in [0.15, 0.2) is 42.5 Å². The van der Waals surface area contributed by atoms with Gasteiger partial charge in [-0.3, -0.25) is 4.79 Å². The first kappa shape index (κ1) is 15.9. The molecule has 0 saturated carbocycles. The highest BCUT2D eigenvalue weighted by Crippen LogP contribution is 2.20. The van der Waals surface area contributed by atoms with Crippen LogP contribution in [0.4, 0.5) is 11.4 Å². The SMILES string of the molecule is Cc1ccc(Cl)cc1NC(=O)CCNc1ccc(C#N)cc1. The van der Waals surface area contributed by atoms with E-state index in [1.165, 1.54) is 0 Å². The van der Waals surface area contributed by atoms with Gasteiger partial charge in [0.25, 0.3) is 0 Å². The molecule has 2 aromatic rings. The number of nitrogens with one attached hydrogen (secondary N) is 2. The summed E-state index contributed by atoms with van der Waals surface area (Å²) in [7, 11) is 0. The van der Waals surface area contributed by atoms with Crippen LogP contribution in [0.3, 0.4) is 0 Å². The van der Waals surface area contributed by atoms with Crippen molar-refractivity contribution in [2.75, 3.05) is 17.2 Å². The van der Waals surface area contributed by atoms with Crippen LogP contribution in [0.5, 0.6) is 0 Å². The molecule has 0 aliphatic carbocycles. The highest BCUT2D eigenvalue weighted by Gasteiger charge is 2.05. The number of halogens is 1. The fraction of sp³-hybridized carbons (Fsp3) is 0.176. The van der Waals surface area contributed by atoms with Crippen LogP contribution in [0.2, 0.25) is 5.02 Å². The number of nitrogens with zero attached hydrogens (tertiary/aromatic N) is 1.